The number of hydrogen-bond acceptors (Lipinski definition) is 7. The van der Waals surface area contributed by atoms with Gasteiger partial charge in [-0.1, -0.05) is 35.0 Å². The van der Waals surface area contributed by atoms with Crippen LogP contribution in [0, 0.1) is 11.8 Å². The lowest BCUT2D eigenvalue weighted by Crippen LogP contribution is -2.39. The standard InChI is InChI=1S/C24H25BrN2O5/c1-12-9-17-21(23(28)20(12)24(29)32-4)22(27-16-8-6-5-7-15(16)26-17)13-10-18(30-2)19(31-3)11-14(13)25/h5-8,10-12,20,22,26-27H,9H2,1-4H3/t12-,20+,22+/m1/s1. The van der Waals surface area contributed by atoms with Crippen LogP contribution in [-0.2, 0) is 14.3 Å². The Kier molecular flexibility index (Phi) is 6.15. The largest absolute Gasteiger partial charge is 0.493 e. The van der Waals surface area contributed by atoms with Crippen molar-refractivity contribution in [1.82, 2.24) is 0 Å². The van der Waals surface area contributed by atoms with Gasteiger partial charge in [0, 0.05) is 15.7 Å². The van der Waals surface area contributed by atoms with E-state index in [1.54, 1.807) is 14.2 Å². The number of hydrogen-bond donors (Lipinski definition) is 2. The molecule has 0 fully saturated rings. The highest BCUT2D eigenvalue weighted by molar-refractivity contribution is 9.10. The van der Waals surface area contributed by atoms with Crippen LogP contribution in [0.5, 0.6) is 11.5 Å². The van der Waals surface area contributed by atoms with Crippen molar-refractivity contribution in [3.05, 3.63) is 57.7 Å². The van der Waals surface area contributed by atoms with Crippen molar-refractivity contribution in [1.29, 1.82) is 0 Å². The molecule has 0 saturated heterocycles. The van der Waals surface area contributed by atoms with Gasteiger partial charge in [0.25, 0.3) is 0 Å². The van der Waals surface area contributed by atoms with E-state index in [2.05, 4.69) is 26.6 Å². The number of allylic oxidation sites excluding steroid dienone is 1. The molecule has 0 spiro atoms. The van der Waals surface area contributed by atoms with E-state index in [-0.39, 0.29) is 11.7 Å². The molecular formula is C24H25BrN2O5. The van der Waals surface area contributed by atoms with Crippen molar-refractivity contribution < 1.29 is 23.8 Å². The number of para-hydroxylation sites is 2. The third kappa shape index (κ3) is 3.72. The number of halogens is 1. The van der Waals surface area contributed by atoms with E-state index in [0.29, 0.717) is 23.5 Å². The summed E-state index contributed by atoms with van der Waals surface area (Å²) in [6, 6.07) is 10.9. The Hall–Kier alpha value is -3.00. The summed E-state index contributed by atoms with van der Waals surface area (Å²) in [5.41, 5.74) is 3.83. The van der Waals surface area contributed by atoms with E-state index in [4.69, 9.17) is 14.2 Å². The summed E-state index contributed by atoms with van der Waals surface area (Å²) in [6.07, 6.45) is 0.540. The fourth-order valence-electron chi connectivity index (χ4n) is 4.46. The maximum atomic E-state index is 13.7. The third-order valence-corrected chi connectivity index (χ3v) is 6.73. The Labute approximate surface area is 195 Å². The molecule has 0 saturated carbocycles. The normalized spacial score (nSPS) is 22.0. The van der Waals surface area contributed by atoms with E-state index in [0.717, 1.165) is 27.1 Å². The lowest BCUT2D eigenvalue weighted by atomic mass is 9.75. The second-order valence-electron chi connectivity index (χ2n) is 7.92. The van der Waals surface area contributed by atoms with Crippen LogP contribution in [0.1, 0.15) is 24.9 Å². The lowest BCUT2D eigenvalue weighted by molar-refractivity contribution is -0.151. The highest BCUT2D eigenvalue weighted by Gasteiger charge is 2.44. The number of ether oxygens (including phenoxy) is 3. The van der Waals surface area contributed by atoms with Crippen molar-refractivity contribution in [2.24, 2.45) is 11.8 Å². The number of carbonyl (C=O) groups is 2. The first-order valence-electron chi connectivity index (χ1n) is 10.3. The molecule has 0 amide bonds. The van der Waals surface area contributed by atoms with Gasteiger partial charge >= 0.3 is 5.97 Å². The van der Waals surface area contributed by atoms with Gasteiger partial charge in [-0.25, -0.2) is 0 Å². The maximum absolute atomic E-state index is 13.7. The number of nitrogens with one attached hydrogen (secondary N) is 2. The Bertz CT molecular complexity index is 1110. The van der Waals surface area contributed by atoms with Crippen molar-refractivity contribution in [2.45, 2.75) is 19.4 Å². The minimum absolute atomic E-state index is 0.194. The Morgan fingerprint density at radius 2 is 1.72 bits per heavy atom. The summed E-state index contributed by atoms with van der Waals surface area (Å²) in [7, 11) is 4.45. The number of esters is 1. The molecule has 2 aliphatic rings. The first kappa shape index (κ1) is 22.2. The topological polar surface area (TPSA) is 85.9 Å². The van der Waals surface area contributed by atoms with E-state index in [1.165, 1.54) is 7.11 Å². The molecule has 8 heteroatoms. The molecule has 2 aromatic carbocycles. The summed E-state index contributed by atoms with van der Waals surface area (Å²) >= 11 is 3.64. The van der Waals surface area contributed by atoms with Gasteiger partial charge < -0.3 is 24.8 Å². The minimum atomic E-state index is -0.856. The van der Waals surface area contributed by atoms with Crippen LogP contribution in [0.25, 0.3) is 0 Å². The molecule has 2 aromatic rings. The summed E-state index contributed by atoms with van der Waals surface area (Å²) < 4.78 is 16.6. The van der Waals surface area contributed by atoms with E-state index >= 15 is 0 Å². The first-order valence-corrected chi connectivity index (χ1v) is 11.1. The number of Topliss-reactive ketones (excluding diaryl/α,β-unsaturated/α-hetero) is 1. The molecule has 3 atom stereocenters. The van der Waals surface area contributed by atoms with Crippen LogP contribution >= 0.6 is 15.9 Å². The van der Waals surface area contributed by atoms with Crippen molar-refractivity contribution in [2.75, 3.05) is 32.0 Å². The van der Waals surface area contributed by atoms with Crippen LogP contribution in [0.2, 0.25) is 0 Å². The molecule has 0 bridgehead atoms. The number of ketones is 1. The van der Waals surface area contributed by atoms with Gasteiger partial charge in [0.05, 0.1) is 38.7 Å². The number of carbonyl (C=O) groups excluding carboxylic acids is 2. The predicted molar refractivity (Wildman–Crippen MR) is 125 cm³/mol. The zero-order valence-electron chi connectivity index (χ0n) is 18.3. The lowest BCUT2D eigenvalue weighted by Gasteiger charge is -2.33. The van der Waals surface area contributed by atoms with Crippen molar-refractivity contribution in [3.63, 3.8) is 0 Å². The van der Waals surface area contributed by atoms with Crippen LogP contribution in [0.15, 0.2) is 52.1 Å². The monoisotopic (exact) mass is 500 g/mol. The van der Waals surface area contributed by atoms with E-state index < -0.39 is 17.9 Å². The molecule has 1 heterocycles. The van der Waals surface area contributed by atoms with Gasteiger partial charge in [-0.05, 0) is 42.2 Å². The van der Waals surface area contributed by atoms with Gasteiger partial charge in [-0.3, -0.25) is 9.59 Å². The molecule has 1 aliphatic carbocycles. The second kappa shape index (κ2) is 8.86. The highest BCUT2D eigenvalue weighted by atomic mass is 79.9. The summed E-state index contributed by atoms with van der Waals surface area (Å²) in [4.78, 5) is 26.2. The number of rotatable bonds is 4. The fourth-order valence-corrected chi connectivity index (χ4v) is 5.01. The van der Waals surface area contributed by atoms with Crippen LogP contribution in [-0.4, -0.2) is 33.1 Å². The number of anilines is 2. The summed E-state index contributed by atoms with van der Waals surface area (Å²) in [6.45, 7) is 1.90. The predicted octanol–water partition coefficient (Wildman–Crippen LogP) is 4.70. The van der Waals surface area contributed by atoms with Gasteiger partial charge in [0.1, 0.15) is 5.92 Å². The van der Waals surface area contributed by atoms with Crippen LogP contribution in [0.4, 0.5) is 11.4 Å². The molecular weight excluding hydrogens is 476 g/mol. The van der Waals surface area contributed by atoms with E-state index in [9.17, 15) is 9.59 Å². The fraction of sp³-hybridized carbons (Fsp3) is 0.333. The zero-order chi connectivity index (χ0) is 23.0. The maximum Gasteiger partial charge on any atom is 0.316 e. The highest BCUT2D eigenvalue weighted by Crippen LogP contribution is 2.46. The molecule has 4 rings (SSSR count). The van der Waals surface area contributed by atoms with Gasteiger partial charge in [-0.2, -0.15) is 0 Å². The molecule has 0 unspecified atom stereocenters. The average molecular weight is 501 g/mol. The molecule has 32 heavy (non-hydrogen) atoms. The summed E-state index contributed by atoms with van der Waals surface area (Å²) in [5.74, 6) is -0.696. The molecule has 7 nitrogen and oxygen atoms in total. The minimum Gasteiger partial charge on any atom is -0.493 e. The quantitative estimate of drug-likeness (QED) is 0.464. The molecule has 0 radical (unpaired) electrons. The van der Waals surface area contributed by atoms with Gasteiger partial charge in [0.15, 0.2) is 17.3 Å². The Balaban J connectivity index is 1.92. The number of methoxy groups -OCH3 is 3. The van der Waals surface area contributed by atoms with Crippen molar-refractivity contribution in [3.8, 4) is 11.5 Å². The molecule has 2 N–H and O–H groups in total. The Morgan fingerprint density at radius 3 is 2.38 bits per heavy atom. The second-order valence-corrected chi connectivity index (χ2v) is 8.77. The smallest absolute Gasteiger partial charge is 0.316 e. The zero-order valence-corrected chi connectivity index (χ0v) is 19.9. The molecule has 1 aliphatic heterocycles. The van der Waals surface area contributed by atoms with Gasteiger partial charge in [-0.15, -0.1) is 0 Å². The van der Waals surface area contributed by atoms with Crippen molar-refractivity contribution >= 4 is 39.1 Å². The average Bonchev–Trinajstić information content (AvgIpc) is 2.95. The van der Waals surface area contributed by atoms with Crippen LogP contribution < -0.4 is 20.1 Å². The Morgan fingerprint density at radius 1 is 1.06 bits per heavy atom. The number of fused-ring (bicyclic) bond motifs is 1. The third-order valence-electron chi connectivity index (χ3n) is 6.04. The van der Waals surface area contributed by atoms with Gasteiger partial charge in [0.2, 0.25) is 0 Å². The van der Waals surface area contributed by atoms with E-state index in [1.807, 2.05) is 43.3 Å². The number of benzene rings is 2. The molecule has 168 valence electrons. The van der Waals surface area contributed by atoms with Crippen LogP contribution in [0.3, 0.4) is 0 Å². The molecule has 0 aromatic heterocycles. The SMILES string of the molecule is COC(=O)[C@@H]1C(=O)C2=C(C[C@H]1C)Nc1ccccc1N[C@H]2c1cc(OC)c(OC)cc1Br. The first-order chi connectivity index (χ1) is 15.4. The summed E-state index contributed by atoms with van der Waals surface area (Å²) in [5, 5.41) is 6.95.